The summed E-state index contributed by atoms with van der Waals surface area (Å²) >= 11 is 0. The summed E-state index contributed by atoms with van der Waals surface area (Å²) in [5.41, 5.74) is 4.05. The Labute approximate surface area is 108 Å². The molecule has 0 amide bonds. The van der Waals surface area contributed by atoms with Crippen LogP contribution in [0, 0.1) is 0 Å². The van der Waals surface area contributed by atoms with Crippen LogP contribution in [0.15, 0.2) is 54.6 Å². The summed E-state index contributed by atoms with van der Waals surface area (Å²) in [6.45, 7) is 1.97. The highest BCUT2D eigenvalue weighted by Crippen LogP contribution is 2.20. The van der Waals surface area contributed by atoms with Crippen molar-refractivity contribution in [3.63, 3.8) is 0 Å². The van der Waals surface area contributed by atoms with Crippen LogP contribution in [0.2, 0.25) is 0 Å². The fourth-order valence-electron chi connectivity index (χ4n) is 1.83. The van der Waals surface area contributed by atoms with Gasteiger partial charge in [0.25, 0.3) is 6.47 Å². The lowest BCUT2D eigenvalue weighted by molar-refractivity contribution is -0.122. The van der Waals surface area contributed by atoms with Crippen LogP contribution in [0.25, 0.3) is 11.1 Å². The molecule has 2 aromatic carbocycles. The van der Waals surface area contributed by atoms with E-state index in [-0.39, 0.29) is 6.47 Å². The molecular weight excluding hydrogens is 224 g/mol. The van der Waals surface area contributed by atoms with Crippen LogP contribution in [0.5, 0.6) is 0 Å². The zero-order valence-electron chi connectivity index (χ0n) is 10.5. The van der Waals surface area contributed by atoms with Crippen LogP contribution in [0.4, 0.5) is 0 Å². The van der Waals surface area contributed by atoms with E-state index in [0.717, 1.165) is 0 Å². The minimum atomic E-state index is -0.250. The molecule has 0 heterocycles. The molecule has 0 saturated heterocycles. The van der Waals surface area contributed by atoms with E-state index in [9.17, 15) is 0 Å². The van der Waals surface area contributed by atoms with E-state index in [1.165, 1.54) is 29.5 Å². The highest BCUT2D eigenvalue weighted by Gasteiger charge is 1.97. The van der Waals surface area contributed by atoms with Crippen molar-refractivity contribution in [1.29, 1.82) is 0 Å². The van der Waals surface area contributed by atoms with Crippen molar-refractivity contribution in [3.8, 4) is 11.1 Å². The highest BCUT2D eigenvalue weighted by molar-refractivity contribution is 5.63. The third-order valence-electron chi connectivity index (χ3n) is 2.57. The summed E-state index contributed by atoms with van der Waals surface area (Å²) in [7, 11) is 0. The summed E-state index contributed by atoms with van der Waals surface area (Å²) in [6.07, 6.45) is 2.37. The molecule has 0 radical (unpaired) electrons. The molecular formula is C16H18O2. The molecule has 0 spiro atoms. The Balaban J connectivity index is 0.000000492. The van der Waals surface area contributed by atoms with Gasteiger partial charge in [-0.2, -0.15) is 0 Å². The van der Waals surface area contributed by atoms with E-state index in [0.29, 0.717) is 0 Å². The SMILES string of the molecule is CCCc1cccc(-c2ccccc2)c1.O=CO. The van der Waals surface area contributed by atoms with Crippen molar-refractivity contribution in [3.05, 3.63) is 60.2 Å². The maximum Gasteiger partial charge on any atom is 0.290 e. The van der Waals surface area contributed by atoms with E-state index in [4.69, 9.17) is 9.90 Å². The van der Waals surface area contributed by atoms with Crippen LogP contribution in [-0.2, 0) is 11.2 Å². The predicted molar refractivity (Wildman–Crippen MR) is 74.6 cm³/mol. The zero-order valence-corrected chi connectivity index (χ0v) is 10.5. The Morgan fingerprint density at radius 3 is 2.22 bits per heavy atom. The van der Waals surface area contributed by atoms with Gasteiger partial charge in [-0.05, 0) is 23.1 Å². The number of hydrogen-bond acceptors (Lipinski definition) is 1. The minimum Gasteiger partial charge on any atom is -0.483 e. The van der Waals surface area contributed by atoms with E-state index in [2.05, 4.69) is 61.5 Å². The van der Waals surface area contributed by atoms with Gasteiger partial charge >= 0.3 is 0 Å². The van der Waals surface area contributed by atoms with Gasteiger partial charge in [0.05, 0.1) is 0 Å². The van der Waals surface area contributed by atoms with E-state index >= 15 is 0 Å². The Morgan fingerprint density at radius 2 is 1.61 bits per heavy atom. The summed E-state index contributed by atoms with van der Waals surface area (Å²) in [5.74, 6) is 0. The lowest BCUT2D eigenvalue weighted by atomic mass is 10.0. The van der Waals surface area contributed by atoms with E-state index in [1.54, 1.807) is 0 Å². The van der Waals surface area contributed by atoms with Crippen molar-refractivity contribution in [1.82, 2.24) is 0 Å². The average molecular weight is 242 g/mol. The van der Waals surface area contributed by atoms with Crippen LogP contribution in [0.1, 0.15) is 18.9 Å². The normalized spacial score (nSPS) is 9.17. The van der Waals surface area contributed by atoms with E-state index in [1.807, 2.05) is 0 Å². The monoisotopic (exact) mass is 242 g/mol. The summed E-state index contributed by atoms with van der Waals surface area (Å²) in [6, 6.07) is 19.4. The average Bonchev–Trinajstić information content (AvgIpc) is 2.41. The molecule has 0 saturated carbocycles. The summed E-state index contributed by atoms with van der Waals surface area (Å²) in [4.78, 5) is 8.36. The van der Waals surface area contributed by atoms with Gasteiger partial charge in [0.2, 0.25) is 0 Å². The van der Waals surface area contributed by atoms with Crippen molar-refractivity contribution < 1.29 is 9.90 Å². The second-order valence-corrected chi connectivity index (χ2v) is 3.92. The van der Waals surface area contributed by atoms with Crippen LogP contribution < -0.4 is 0 Å². The fourth-order valence-corrected chi connectivity index (χ4v) is 1.83. The first-order valence-corrected chi connectivity index (χ1v) is 6.04. The molecule has 2 rings (SSSR count). The Morgan fingerprint density at radius 1 is 1.00 bits per heavy atom. The predicted octanol–water partition coefficient (Wildman–Crippen LogP) is 4.01. The van der Waals surface area contributed by atoms with Crippen molar-refractivity contribution in [2.24, 2.45) is 0 Å². The number of benzene rings is 2. The molecule has 0 aliphatic rings. The first-order chi connectivity index (χ1) is 8.81. The molecule has 0 aromatic heterocycles. The van der Waals surface area contributed by atoms with Gasteiger partial charge in [-0.25, -0.2) is 0 Å². The lowest BCUT2D eigenvalue weighted by Crippen LogP contribution is -1.84. The molecule has 0 aliphatic heterocycles. The van der Waals surface area contributed by atoms with Crippen molar-refractivity contribution in [2.45, 2.75) is 19.8 Å². The number of hydrogen-bond donors (Lipinski definition) is 1. The zero-order chi connectivity index (χ0) is 13.2. The minimum absolute atomic E-state index is 0.250. The van der Waals surface area contributed by atoms with Gasteiger partial charge < -0.3 is 5.11 Å². The first kappa shape index (κ1) is 14.0. The summed E-state index contributed by atoms with van der Waals surface area (Å²) < 4.78 is 0. The second kappa shape index (κ2) is 8.07. The third kappa shape index (κ3) is 4.42. The lowest BCUT2D eigenvalue weighted by Gasteiger charge is -2.04. The molecule has 2 aromatic rings. The van der Waals surface area contributed by atoms with Crippen LogP contribution in [-0.4, -0.2) is 11.6 Å². The maximum atomic E-state index is 8.36. The summed E-state index contributed by atoms with van der Waals surface area (Å²) in [5, 5.41) is 6.89. The molecule has 0 atom stereocenters. The van der Waals surface area contributed by atoms with Crippen molar-refractivity contribution >= 4 is 6.47 Å². The van der Waals surface area contributed by atoms with Gasteiger partial charge in [0.15, 0.2) is 0 Å². The van der Waals surface area contributed by atoms with Gasteiger partial charge in [-0.1, -0.05) is 67.9 Å². The smallest absolute Gasteiger partial charge is 0.290 e. The topological polar surface area (TPSA) is 37.3 Å². The second-order valence-electron chi connectivity index (χ2n) is 3.92. The number of carbonyl (C=O) groups is 1. The number of carboxylic acid groups (broad SMARTS) is 1. The molecule has 0 fully saturated rings. The molecule has 1 N–H and O–H groups in total. The largest absolute Gasteiger partial charge is 0.483 e. The Hall–Kier alpha value is -2.09. The van der Waals surface area contributed by atoms with Crippen molar-refractivity contribution in [2.75, 3.05) is 0 Å². The maximum absolute atomic E-state index is 8.36. The molecule has 0 aliphatic carbocycles. The van der Waals surface area contributed by atoms with Gasteiger partial charge in [0, 0.05) is 0 Å². The van der Waals surface area contributed by atoms with Gasteiger partial charge in [-0.3, -0.25) is 4.79 Å². The molecule has 0 unspecified atom stereocenters. The standard InChI is InChI=1S/C15H16.CH2O2/c1-2-7-13-8-6-11-15(12-13)14-9-4-3-5-10-14;2-1-3/h3-6,8-12H,2,7H2,1H3;1H,(H,2,3). The highest BCUT2D eigenvalue weighted by atomic mass is 16.3. The quantitative estimate of drug-likeness (QED) is 0.826. The molecule has 94 valence electrons. The molecule has 18 heavy (non-hydrogen) atoms. The van der Waals surface area contributed by atoms with Gasteiger partial charge in [0.1, 0.15) is 0 Å². The van der Waals surface area contributed by atoms with Crippen LogP contribution in [0.3, 0.4) is 0 Å². The Kier molecular flexibility index (Phi) is 6.26. The fraction of sp³-hybridized carbons (Fsp3) is 0.188. The Bertz CT molecular complexity index is 464. The van der Waals surface area contributed by atoms with E-state index < -0.39 is 0 Å². The number of aryl methyl sites for hydroxylation is 1. The number of rotatable bonds is 3. The molecule has 2 heteroatoms. The van der Waals surface area contributed by atoms with Crippen LogP contribution >= 0.6 is 0 Å². The molecule has 0 bridgehead atoms. The first-order valence-electron chi connectivity index (χ1n) is 6.04. The third-order valence-corrected chi connectivity index (χ3v) is 2.57. The molecule has 2 nitrogen and oxygen atoms in total. The van der Waals surface area contributed by atoms with Gasteiger partial charge in [-0.15, -0.1) is 0 Å².